The first-order chi connectivity index (χ1) is 17.6. The summed E-state index contributed by atoms with van der Waals surface area (Å²) in [6, 6.07) is 16.7. The summed E-state index contributed by atoms with van der Waals surface area (Å²) in [6.07, 6.45) is 1.52. The lowest BCUT2D eigenvalue weighted by atomic mass is 10.0. The van der Waals surface area contributed by atoms with Gasteiger partial charge in [-0.25, -0.2) is 11.1 Å². The molecule has 1 fully saturated rings. The number of aryl methyl sites for hydroxylation is 1. The highest BCUT2D eigenvalue weighted by atomic mass is 16.5. The summed E-state index contributed by atoms with van der Waals surface area (Å²) in [4.78, 5) is 28.1. The zero-order valence-corrected chi connectivity index (χ0v) is 20.7. The van der Waals surface area contributed by atoms with Crippen molar-refractivity contribution in [2.45, 2.75) is 19.8 Å². The molecule has 0 radical (unpaired) electrons. The minimum Gasteiger partial charge on any atom is -0.494 e. The number of hydrogen-bond donors (Lipinski definition) is 4. The van der Waals surface area contributed by atoms with Crippen LogP contribution in [0.5, 0.6) is 5.75 Å². The summed E-state index contributed by atoms with van der Waals surface area (Å²) in [5.74, 6) is 3.13. The predicted molar refractivity (Wildman–Crippen MR) is 142 cm³/mol. The zero-order chi connectivity index (χ0) is 25.9. The lowest BCUT2D eigenvalue weighted by Crippen LogP contribution is -2.42. The molecule has 1 aliphatic heterocycles. The molecule has 192 valence electrons. The number of nitrogens with zero attached hydrogens (tertiary/aromatic N) is 1. The fourth-order valence-electron chi connectivity index (χ4n) is 4.25. The zero-order valence-electron chi connectivity index (χ0n) is 20.7. The molecule has 1 aromatic carbocycles. The van der Waals surface area contributed by atoms with Gasteiger partial charge in [-0.15, -0.1) is 0 Å². The number of quaternary nitrogens is 1. The quantitative estimate of drug-likeness (QED) is 0.211. The van der Waals surface area contributed by atoms with Crippen LogP contribution in [-0.4, -0.2) is 44.7 Å². The Balaban J connectivity index is 0.00000176. The van der Waals surface area contributed by atoms with E-state index in [2.05, 4.69) is 34.3 Å². The van der Waals surface area contributed by atoms with Crippen molar-refractivity contribution in [3.05, 3.63) is 80.6 Å². The van der Waals surface area contributed by atoms with Crippen molar-refractivity contribution in [1.29, 1.82) is 0 Å². The van der Waals surface area contributed by atoms with E-state index in [1.54, 1.807) is 30.3 Å². The maximum Gasteiger partial charge on any atom is 0.211 e. The number of hydrogen-bond acceptors (Lipinski definition) is 8. The maximum atomic E-state index is 13.0. The van der Waals surface area contributed by atoms with E-state index in [-0.39, 0.29) is 22.2 Å². The van der Waals surface area contributed by atoms with Gasteiger partial charge in [0.2, 0.25) is 10.9 Å². The number of nitrogens with one attached hydrogen (secondary N) is 1. The topological polar surface area (TPSA) is 142 Å². The fraction of sp³-hybridized carbons (Fsp3) is 0.333. The van der Waals surface area contributed by atoms with Crippen LogP contribution in [0.3, 0.4) is 0 Å². The van der Waals surface area contributed by atoms with Gasteiger partial charge in [0.05, 0.1) is 19.8 Å². The standard InChI is InChI=1S/C27H31N3O4.H4NO/c1-2-34-23-18-20(30-14-16-33-17-15-30)12-11-19(23)8-7-13-29-25-24(28)26(31)21-9-5-3-4-6-10-22(21)27(25)32;1-2/h3-6,9-12,18,29H,2,7-8,13-17,28H2,1H3;2H,1H3/q;+1. The maximum absolute atomic E-state index is 13.0. The van der Waals surface area contributed by atoms with Gasteiger partial charge in [-0.2, -0.15) is 0 Å². The van der Waals surface area contributed by atoms with Gasteiger partial charge in [-0.05, 0) is 31.4 Å². The number of benzene rings is 2. The average molecular weight is 496 g/mol. The third-order valence-electron chi connectivity index (χ3n) is 6.03. The van der Waals surface area contributed by atoms with Crippen molar-refractivity contribution in [3.63, 3.8) is 0 Å². The van der Waals surface area contributed by atoms with Crippen LogP contribution in [0.25, 0.3) is 11.1 Å². The molecule has 0 spiro atoms. The largest absolute Gasteiger partial charge is 0.494 e. The molecule has 3 aliphatic rings. The highest BCUT2D eigenvalue weighted by Crippen LogP contribution is 2.28. The van der Waals surface area contributed by atoms with Crippen molar-refractivity contribution in [2.75, 3.05) is 55.4 Å². The number of nitrogen functional groups attached to an aromatic ring is 1. The van der Waals surface area contributed by atoms with Gasteiger partial charge >= 0.3 is 0 Å². The smallest absolute Gasteiger partial charge is 0.211 e. The first kappa shape index (κ1) is 26.9. The first-order valence-corrected chi connectivity index (χ1v) is 12.1. The number of fused-ring (bicyclic) bond motifs is 1. The van der Waals surface area contributed by atoms with E-state index in [0.29, 0.717) is 24.3 Å². The molecule has 7 N–H and O–H groups in total. The summed E-state index contributed by atoms with van der Waals surface area (Å²) in [5, 5.41) is 9.87. The molecule has 9 heteroatoms. The van der Waals surface area contributed by atoms with Crippen LogP contribution in [0.15, 0.2) is 64.2 Å². The number of morpholine rings is 1. The van der Waals surface area contributed by atoms with Gasteiger partial charge < -0.3 is 25.4 Å². The van der Waals surface area contributed by atoms with E-state index in [9.17, 15) is 9.59 Å². The highest BCUT2D eigenvalue weighted by Gasteiger charge is 2.18. The number of nitrogens with two attached hydrogens (primary N) is 1. The van der Waals surface area contributed by atoms with Crippen molar-refractivity contribution >= 4 is 17.1 Å². The molecule has 0 amide bonds. The van der Waals surface area contributed by atoms with E-state index in [1.165, 1.54) is 0 Å². The molecule has 0 atom stereocenters. The molecular weight excluding hydrogens is 460 g/mol. The van der Waals surface area contributed by atoms with Gasteiger partial charge in [0.15, 0.2) is 0 Å². The van der Waals surface area contributed by atoms with Crippen LogP contribution < -0.4 is 37.4 Å². The second-order valence-electron chi connectivity index (χ2n) is 8.23. The second kappa shape index (κ2) is 13.4. The van der Waals surface area contributed by atoms with E-state index < -0.39 is 0 Å². The van der Waals surface area contributed by atoms with E-state index in [0.717, 1.165) is 56.1 Å². The number of anilines is 3. The molecule has 1 aromatic rings. The highest BCUT2D eigenvalue weighted by molar-refractivity contribution is 5.79. The van der Waals surface area contributed by atoms with Crippen molar-refractivity contribution in [1.82, 2.24) is 0 Å². The minimum atomic E-state index is -0.328. The van der Waals surface area contributed by atoms with E-state index in [1.807, 2.05) is 13.0 Å². The Morgan fingerprint density at radius 2 is 1.69 bits per heavy atom. The van der Waals surface area contributed by atoms with E-state index in [4.69, 9.17) is 20.4 Å². The summed E-state index contributed by atoms with van der Waals surface area (Å²) in [5.41, 5.74) is 8.56. The van der Waals surface area contributed by atoms with Crippen LogP contribution in [0, 0.1) is 0 Å². The van der Waals surface area contributed by atoms with Crippen LogP contribution in [0.2, 0.25) is 0 Å². The van der Waals surface area contributed by atoms with Crippen molar-refractivity contribution in [3.8, 4) is 16.9 Å². The summed E-state index contributed by atoms with van der Waals surface area (Å²) >= 11 is 0. The van der Waals surface area contributed by atoms with Crippen LogP contribution >= 0.6 is 0 Å². The Bertz CT molecular complexity index is 1230. The fourth-order valence-corrected chi connectivity index (χ4v) is 4.25. The summed E-state index contributed by atoms with van der Waals surface area (Å²) in [6.45, 7) is 6.29. The molecule has 36 heavy (non-hydrogen) atoms. The second-order valence-corrected chi connectivity index (χ2v) is 8.23. The molecule has 0 bridgehead atoms. The summed E-state index contributed by atoms with van der Waals surface area (Å²) in [7, 11) is 0. The minimum absolute atomic E-state index is 0.0313. The van der Waals surface area contributed by atoms with Crippen molar-refractivity contribution < 1.29 is 20.6 Å². The Hall–Kier alpha value is -3.66. The van der Waals surface area contributed by atoms with Gasteiger partial charge in [0.25, 0.3) is 0 Å². The Morgan fingerprint density at radius 3 is 2.36 bits per heavy atom. The van der Waals surface area contributed by atoms with Crippen LogP contribution in [0.4, 0.5) is 17.1 Å². The summed E-state index contributed by atoms with van der Waals surface area (Å²) < 4.78 is 11.4. The number of rotatable bonds is 8. The molecule has 1 heterocycles. The molecule has 2 aliphatic carbocycles. The Morgan fingerprint density at radius 1 is 1.03 bits per heavy atom. The third kappa shape index (κ3) is 6.31. The third-order valence-corrected chi connectivity index (χ3v) is 6.03. The van der Waals surface area contributed by atoms with Gasteiger partial charge in [-0.1, -0.05) is 42.5 Å². The normalized spacial score (nSPS) is 13.0. The molecular formula is C27H35N4O5+. The molecule has 9 nitrogen and oxygen atoms in total. The van der Waals surface area contributed by atoms with Gasteiger partial charge in [0.1, 0.15) is 17.1 Å². The van der Waals surface area contributed by atoms with Crippen LogP contribution in [0.1, 0.15) is 18.9 Å². The van der Waals surface area contributed by atoms with Crippen molar-refractivity contribution in [2.24, 2.45) is 0 Å². The molecule has 0 aromatic heterocycles. The average Bonchev–Trinajstić information content (AvgIpc) is 2.89. The first-order valence-electron chi connectivity index (χ1n) is 12.1. The predicted octanol–water partition coefficient (Wildman–Crippen LogP) is 1.99. The number of ether oxygens (including phenoxy) is 2. The van der Waals surface area contributed by atoms with E-state index >= 15 is 0 Å². The molecule has 1 saturated heterocycles. The SMILES string of the molecule is CCOc1cc(N2CCOCC2)ccc1CCCNc1c(N)c(=O)c2ccccccc-2c1=O.[NH3+]O. The lowest BCUT2D eigenvalue weighted by Gasteiger charge is -2.29. The molecule has 0 saturated carbocycles. The monoisotopic (exact) mass is 495 g/mol. The molecule has 0 unspecified atom stereocenters. The van der Waals surface area contributed by atoms with Gasteiger partial charge in [-0.3, -0.25) is 9.59 Å². The lowest BCUT2D eigenvalue weighted by molar-refractivity contribution is -0.670. The van der Waals surface area contributed by atoms with Crippen LogP contribution in [-0.2, 0) is 11.2 Å². The Kier molecular flexibility index (Phi) is 10.1. The van der Waals surface area contributed by atoms with Gasteiger partial charge in [0, 0.05) is 42.5 Å². The Labute approximate surface area is 210 Å². The molecule has 4 rings (SSSR count).